The van der Waals surface area contributed by atoms with Crippen LogP contribution >= 0.6 is 0 Å². The number of aromatic amines is 1. The van der Waals surface area contributed by atoms with Crippen LogP contribution in [-0.2, 0) is 60.1 Å². The molecule has 1 unspecified atom stereocenters. The number of carbonyl (C=O) groups excluding carboxylic acids is 5. The van der Waals surface area contributed by atoms with E-state index in [-0.39, 0.29) is 97.1 Å². The molecule has 9 aromatic rings. The number of hydrogen-bond acceptors (Lipinski definition) is 27. The number of aromatic nitrogens is 8. The lowest BCUT2D eigenvalue weighted by Gasteiger charge is -2.41. The molecule has 19 rings (SSSR count). The van der Waals surface area contributed by atoms with E-state index in [1.54, 1.807) is 30.6 Å². The first-order chi connectivity index (χ1) is 61.7. The van der Waals surface area contributed by atoms with E-state index >= 15 is 0 Å². The minimum absolute atomic E-state index is 0.0951. The van der Waals surface area contributed by atoms with Crippen LogP contribution in [-0.4, -0.2) is 281 Å². The third kappa shape index (κ3) is 17.8. The van der Waals surface area contributed by atoms with Gasteiger partial charge in [0, 0.05) is 136 Å². The maximum atomic E-state index is 14.0. The largest absolute Gasteiger partial charge is 0.462 e. The summed E-state index contributed by atoms with van der Waals surface area (Å²) in [5.41, 5.74) is 16.4. The molecule has 8 atom stereocenters. The van der Waals surface area contributed by atoms with Gasteiger partial charge in [0.1, 0.15) is 37.3 Å². The van der Waals surface area contributed by atoms with Crippen LogP contribution in [0.4, 0.5) is 23.1 Å². The fraction of sp³-hybridized carbons (Fsp3) is 0.436. The molecule has 13 heterocycles. The van der Waals surface area contributed by atoms with Crippen LogP contribution < -0.4 is 34.6 Å². The number of likely N-dealkylation sites (N-methyl/N-ethyl adjacent to an activating group) is 3. The number of carbonyl (C=O) groups is 5. The van der Waals surface area contributed by atoms with E-state index in [4.69, 9.17) is 49.8 Å². The Morgan fingerprint density at radius 3 is 1.48 bits per heavy atom. The molecule has 0 spiro atoms. The molecule has 6 saturated heterocycles. The number of rotatable bonds is 21. The zero-order valence-electron chi connectivity index (χ0n) is 72.1. The fourth-order valence-corrected chi connectivity index (χ4v) is 20.0. The Morgan fingerprint density at radius 2 is 0.984 bits per heavy atom. The molecule has 10 aliphatic rings. The number of aliphatic hydroxyl groups excluding tert-OH is 1. The van der Waals surface area contributed by atoms with Crippen molar-refractivity contribution in [2.75, 3.05) is 140 Å². The van der Waals surface area contributed by atoms with Gasteiger partial charge in [0.15, 0.2) is 5.69 Å². The zero-order valence-corrected chi connectivity index (χ0v) is 72.1. The summed E-state index contributed by atoms with van der Waals surface area (Å²) in [7, 11) is 6.19. The maximum Gasteiger partial charge on any atom is 0.318 e. The molecular weight excluding hydrogens is 1610 g/mol. The first-order valence-corrected chi connectivity index (χ1v) is 43.8. The number of hydrogen-bond donors (Lipinski definition) is 3. The van der Waals surface area contributed by atoms with Gasteiger partial charge >= 0.3 is 18.0 Å². The first kappa shape index (κ1) is 85.9. The SMILES string of the molecule is C=CC(=O)N1CCN(c2nc(OC[C@@H]3CCCN3C)nc3c2CN(C(=O)c2cc(N)cc4ccccc24)C3)C[C@@H]1CC#N.C=CC(=O)N1CCN(c2nc(OC[C@@H]3CCCN3C)nc3c2CN(C(=O)c2n[nH]c4ccccc24)C3)C[C@@H]1CC#N.C=CC(=O)N1CCN(c2nc(OC[C@@H]3C[C@@H](O)CN3C)nc3c2CN(C2Cc4cccc5cccc2c45)C3)C[C@@H]1CC#N. The van der Waals surface area contributed by atoms with Gasteiger partial charge in [-0.3, -0.25) is 38.9 Å². The highest BCUT2D eigenvalue weighted by atomic mass is 16.5. The predicted octanol–water partition coefficient (Wildman–Crippen LogP) is 7.86. The molecule has 5 amide bonds. The Balaban J connectivity index is 0.000000134. The molecule has 0 radical (unpaired) electrons. The van der Waals surface area contributed by atoms with Gasteiger partial charge in [0.2, 0.25) is 17.7 Å². The van der Waals surface area contributed by atoms with Crippen LogP contribution in [0.3, 0.4) is 0 Å². The Labute approximate surface area is 737 Å². The van der Waals surface area contributed by atoms with E-state index in [2.05, 4.69) is 133 Å². The van der Waals surface area contributed by atoms with Gasteiger partial charge in [-0.05, 0) is 142 Å². The van der Waals surface area contributed by atoms with Crippen molar-refractivity contribution in [3.05, 3.63) is 191 Å². The molecule has 0 saturated carbocycles. The topological polar surface area (TPSA) is 376 Å². The minimum atomic E-state index is -0.352. The average Bonchev–Trinajstić information content (AvgIpc) is 1.56. The standard InChI is InChI=1S/C33H37N7O3.C32H36N8O3.C29H33N9O3/c1-3-30(42)40-13-12-38(16-23(40)10-11-34)32-27-18-39(29-14-22-8-4-6-21-7-5-9-26(29)31(21)22)19-28(27)35-33(36-32)43-20-24-15-25(41)17-37(24)2;1-3-29(41)40-14-13-38(17-23(40)10-11-33)30-27-18-39(31(42)26-16-22(34)15-21-7-4-5-9-25(21)26)19-28(27)35-32(36-30)43-20-24-8-6-12-37(24)2;1-3-25(39)38-14-13-36(15-19(38)10-11-30)27-22-16-37(28(40)26-21-8-4-5-9-23(21)33-34-26)17-24(22)31-29(32-27)41-18-20-7-6-12-35(20)2/h3-9,23-25,29,41H,1,10,12-20H2,2H3;3-5,7,9,15-16,23-24H,1,6,8,10,12-14,17-20,34H2,2H3;3-5,8-9,19-20H,1,6-7,10,12-18H2,2H3,(H,33,34)/t23-,24-,25+,29?;23-,24-;19-,20-/m000/s1. The minimum Gasteiger partial charge on any atom is -0.462 e. The summed E-state index contributed by atoms with van der Waals surface area (Å²) < 4.78 is 18.6. The summed E-state index contributed by atoms with van der Waals surface area (Å²) in [4.78, 5) is 119. The van der Waals surface area contributed by atoms with Crippen LogP contribution in [0.1, 0.15) is 123 Å². The average molecular weight is 1720 g/mol. The molecule has 127 heavy (non-hydrogen) atoms. The molecule has 656 valence electrons. The summed E-state index contributed by atoms with van der Waals surface area (Å²) in [5, 5.41) is 51.1. The van der Waals surface area contributed by atoms with Gasteiger partial charge in [0.05, 0.1) is 110 Å². The molecule has 6 fully saturated rings. The van der Waals surface area contributed by atoms with Crippen LogP contribution in [0.2, 0.25) is 0 Å². The van der Waals surface area contributed by atoms with Crippen molar-refractivity contribution >= 4 is 85.1 Å². The summed E-state index contributed by atoms with van der Waals surface area (Å²) >= 11 is 0. The number of β-amino-alcohol motifs (C(OH)–C–C–N with tert-alkyl or cyclic N) is 1. The van der Waals surface area contributed by atoms with Crippen molar-refractivity contribution < 1.29 is 43.3 Å². The number of nitrogens with one attached hydrogen (secondary N) is 1. The molecular formula is C94H106N24O9. The van der Waals surface area contributed by atoms with Crippen LogP contribution in [0.15, 0.2) is 135 Å². The number of benzene rings is 5. The highest BCUT2D eigenvalue weighted by molar-refractivity contribution is 6.09. The Bertz CT molecular complexity index is 5880. The third-order valence-electron chi connectivity index (χ3n) is 26.8. The van der Waals surface area contributed by atoms with Gasteiger partial charge in [-0.25, -0.2) is 0 Å². The lowest BCUT2D eigenvalue weighted by atomic mass is 10.0. The van der Waals surface area contributed by atoms with Gasteiger partial charge in [0.25, 0.3) is 11.8 Å². The number of amides is 5. The van der Waals surface area contributed by atoms with Crippen molar-refractivity contribution in [2.45, 2.75) is 145 Å². The number of likely N-dealkylation sites (tertiary alicyclic amines) is 3. The fourth-order valence-electron chi connectivity index (χ4n) is 20.0. The highest BCUT2D eigenvalue weighted by Gasteiger charge is 2.43. The number of para-hydroxylation sites is 1. The highest BCUT2D eigenvalue weighted by Crippen LogP contribution is 2.46. The summed E-state index contributed by atoms with van der Waals surface area (Å²) in [6.07, 6.45) is 10.2. The molecule has 9 aliphatic heterocycles. The molecule has 4 N–H and O–H groups in total. The van der Waals surface area contributed by atoms with Crippen molar-refractivity contribution in [1.29, 1.82) is 15.8 Å². The van der Waals surface area contributed by atoms with E-state index in [0.717, 1.165) is 106 Å². The van der Waals surface area contributed by atoms with E-state index in [1.807, 2.05) is 61.6 Å². The second-order valence-corrected chi connectivity index (χ2v) is 34.5. The van der Waals surface area contributed by atoms with Crippen LogP contribution in [0.25, 0.3) is 32.4 Å². The van der Waals surface area contributed by atoms with Crippen LogP contribution in [0, 0.1) is 34.0 Å². The third-order valence-corrected chi connectivity index (χ3v) is 26.8. The second-order valence-electron chi connectivity index (χ2n) is 34.5. The van der Waals surface area contributed by atoms with Gasteiger partial charge < -0.3 is 74.0 Å². The summed E-state index contributed by atoms with van der Waals surface area (Å²) in [6.45, 7) is 22.0. The number of nitrogens with two attached hydrogens (primary N) is 1. The zero-order chi connectivity index (χ0) is 88.3. The normalized spacial score (nSPS) is 22.1. The number of fused-ring (bicyclic) bond motifs is 5. The number of ether oxygens (including phenoxy) is 3. The number of nitriles is 3. The van der Waals surface area contributed by atoms with Gasteiger partial charge in [-0.1, -0.05) is 98.6 Å². The smallest absolute Gasteiger partial charge is 0.318 e. The Kier molecular flexibility index (Phi) is 25.4. The second kappa shape index (κ2) is 37.5. The van der Waals surface area contributed by atoms with Crippen molar-refractivity contribution in [1.82, 2.24) is 84.2 Å². The molecule has 1 aliphatic carbocycles. The van der Waals surface area contributed by atoms with Crippen LogP contribution in [0.5, 0.6) is 18.0 Å². The van der Waals surface area contributed by atoms with E-state index in [0.29, 0.717) is 178 Å². The van der Waals surface area contributed by atoms with Gasteiger partial charge in [-0.15, -0.1) is 0 Å². The quantitative estimate of drug-likeness (QED) is 0.0455. The number of anilines is 4. The number of aliphatic hydroxyl groups is 1. The summed E-state index contributed by atoms with van der Waals surface area (Å²) in [5.74, 6) is 1.33. The lowest BCUT2D eigenvalue weighted by Crippen LogP contribution is -2.55. The molecule has 5 aromatic carbocycles. The number of nitrogen functional groups attached to an aromatic ring is 1. The number of nitrogens with zero attached hydrogens (tertiary/aromatic N) is 22. The van der Waals surface area contributed by atoms with Gasteiger partial charge in [-0.2, -0.15) is 50.8 Å². The van der Waals surface area contributed by atoms with E-state index in [1.165, 1.54) is 40.1 Å². The van der Waals surface area contributed by atoms with E-state index < -0.39 is 0 Å². The first-order valence-electron chi connectivity index (χ1n) is 43.8. The monoisotopic (exact) mass is 1710 g/mol. The molecule has 33 nitrogen and oxygen atoms in total. The molecule has 0 bridgehead atoms. The Hall–Kier alpha value is -13.2. The van der Waals surface area contributed by atoms with E-state index in [9.17, 15) is 44.9 Å². The van der Waals surface area contributed by atoms with Crippen molar-refractivity contribution in [3.63, 3.8) is 0 Å². The predicted molar refractivity (Wildman–Crippen MR) is 477 cm³/mol. The van der Waals surface area contributed by atoms with Crippen molar-refractivity contribution in [2.24, 2.45) is 0 Å². The number of H-pyrrole nitrogens is 1. The number of piperazine rings is 3. The maximum absolute atomic E-state index is 14.0. The Morgan fingerprint density at radius 1 is 0.512 bits per heavy atom. The summed E-state index contributed by atoms with van der Waals surface area (Å²) in [6, 6.07) is 39.7. The molecule has 33 heteroatoms. The van der Waals surface area contributed by atoms with Crippen molar-refractivity contribution in [3.8, 4) is 36.2 Å². The lowest BCUT2D eigenvalue weighted by molar-refractivity contribution is -0.129. The molecule has 4 aromatic heterocycles.